The molecular formula is C19H14ClN3O2. The highest BCUT2D eigenvalue weighted by Gasteiger charge is 2.09. The molecule has 124 valence electrons. The number of benzene rings is 2. The highest BCUT2D eigenvalue weighted by molar-refractivity contribution is 6.30. The lowest BCUT2D eigenvalue weighted by atomic mass is 10.2. The molecule has 0 N–H and O–H groups in total. The van der Waals surface area contributed by atoms with Gasteiger partial charge in [-0.25, -0.2) is 0 Å². The molecule has 0 bridgehead atoms. The number of hydrogen-bond donors (Lipinski definition) is 0. The molecule has 5 nitrogen and oxygen atoms in total. The van der Waals surface area contributed by atoms with Crippen LogP contribution in [0.1, 0.15) is 5.89 Å². The Labute approximate surface area is 149 Å². The Kier molecular flexibility index (Phi) is 4.23. The zero-order valence-electron chi connectivity index (χ0n) is 13.2. The van der Waals surface area contributed by atoms with Gasteiger partial charge in [-0.2, -0.15) is 4.98 Å². The van der Waals surface area contributed by atoms with Gasteiger partial charge in [-0.15, -0.1) is 0 Å². The fourth-order valence-corrected chi connectivity index (χ4v) is 2.60. The zero-order valence-corrected chi connectivity index (χ0v) is 13.9. The second-order valence-corrected chi connectivity index (χ2v) is 5.83. The smallest absolute Gasteiger partial charge is 0.264 e. The summed E-state index contributed by atoms with van der Waals surface area (Å²) in [5.74, 6) is 1.59. The van der Waals surface area contributed by atoms with Gasteiger partial charge in [-0.05, 0) is 54.6 Å². The maximum Gasteiger partial charge on any atom is 0.264 e. The molecular weight excluding hydrogens is 338 g/mol. The van der Waals surface area contributed by atoms with E-state index in [0.717, 1.165) is 11.3 Å². The van der Waals surface area contributed by atoms with Crippen LogP contribution in [0.25, 0.3) is 17.1 Å². The summed E-state index contributed by atoms with van der Waals surface area (Å²) in [7, 11) is 0. The molecule has 25 heavy (non-hydrogen) atoms. The van der Waals surface area contributed by atoms with E-state index < -0.39 is 0 Å². The molecule has 2 aromatic carbocycles. The number of aromatic nitrogens is 3. The van der Waals surface area contributed by atoms with Crippen LogP contribution >= 0.6 is 11.6 Å². The Bertz CT molecular complexity index is 963. The van der Waals surface area contributed by atoms with Gasteiger partial charge in [-0.1, -0.05) is 22.8 Å². The number of rotatable bonds is 5. The topological polar surface area (TPSA) is 53.1 Å². The number of nitrogens with zero attached hydrogens (tertiary/aromatic N) is 3. The molecule has 0 unspecified atom stereocenters. The summed E-state index contributed by atoms with van der Waals surface area (Å²) < 4.78 is 12.9. The summed E-state index contributed by atoms with van der Waals surface area (Å²) in [6, 6.07) is 19.1. The van der Waals surface area contributed by atoms with Gasteiger partial charge in [0.25, 0.3) is 5.89 Å². The molecule has 0 aliphatic carbocycles. The van der Waals surface area contributed by atoms with Crippen molar-refractivity contribution in [2.24, 2.45) is 0 Å². The molecule has 0 amide bonds. The minimum atomic E-state index is 0.189. The third-order valence-electron chi connectivity index (χ3n) is 3.65. The van der Waals surface area contributed by atoms with Crippen LogP contribution < -0.4 is 4.74 Å². The van der Waals surface area contributed by atoms with Crippen LogP contribution in [0.2, 0.25) is 5.02 Å². The van der Waals surface area contributed by atoms with Crippen LogP contribution in [0, 0.1) is 0 Å². The van der Waals surface area contributed by atoms with Crippen molar-refractivity contribution in [1.29, 1.82) is 0 Å². The second-order valence-electron chi connectivity index (χ2n) is 5.39. The molecule has 0 aliphatic rings. The molecule has 2 aromatic heterocycles. The van der Waals surface area contributed by atoms with Gasteiger partial charge in [0.15, 0.2) is 6.61 Å². The lowest BCUT2D eigenvalue weighted by Crippen LogP contribution is -1.95. The van der Waals surface area contributed by atoms with Gasteiger partial charge < -0.3 is 13.8 Å². The lowest BCUT2D eigenvalue weighted by molar-refractivity contribution is 0.243. The molecule has 0 saturated carbocycles. The van der Waals surface area contributed by atoms with Crippen LogP contribution in [-0.2, 0) is 6.61 Å². The van der Waals surface area contributed by atoms with E-state index in [9.17, 15) is 0 Å². The van der Waals surface area contributed by atoms with E-state index >= 15 is 0 Å². The predicted octanol–water partition coefficient (Wildman–Crippen LogP) is 4.76. The highest BCUT2D eigenvalue weighted by Crippen LogP contribution is 2.20. The van der Waals surface area contributed by atoms with E-state index in [-0.39, 0.29) is 6.61 Å². The second kappa shape index (κ2) is 6.83. The first-order valence-electron chi connectivity index (χ1n) is 7.73. The van der Waals surface area contributed by atoms with E-state index in [0.29, 0.717) is 22.5 Å². The van der Waals surface area contributed by atoms with Gasteiger partial charge in [0.1, 0.15) is 5.75 Å². The molecule has 4 rings (SSSR count). The molecule has 0 aliphatic heterocycles. The van der Waals surface area contributed by atoms with E-state index in [2.05, 4.69) is 10.1 Å². The average molecular weight is 352 g/mol. The Morgan fingerprint density at radius 3 is 2.56 bits per heavy atom. The van der Waals surface area contributed by atoms with Crippen molar-refractivity contribution in [2.75, 3.05) is 0 Å². The standard InChI is InChI=1S/C19H14ClN3O2/c20-15-4-3-5-17(12-15)24-13-18-21-19(22-25-18)14-6-8-16(9-7-14)23-10-1-2-11-23/h1-12H,13H2. The van der Waals surface area contributed by atoms with Crippen LogP contribution in [-0.4, -0.2) is 14.7 Å². The molecule has 0 radical (unpaired) electrons. The van der Waals surface area contributed by atoms with Crippen molar-refractivity contribution in [3.8, 4) is 22.8 Å². The monoisotopic (exact) mass is 351 g/mol. The summed E-state index contributed by atoms with van der Waals surface area (Å²) in [5.41, 5.74) is 1.95. The Morgan fingerprint density at radius 1 is 1.00 bits per heavy atom. The number of hydrogen-bond acceptors (Lipinski definition) is 4. The molecule has 0 spiro atoms. The van der Waals surface area contributed by atoms with Crippen molar-refractivity contribution in [3.05, 3.63) is 84.0 Å². The highest BCUT2D eigenvalue weighted by atomic mass is 35.5. The Hall–Kier alpha value is -3.05. The molecule has 0 fully saturated rings. The van der Waals surface area contributed by atoms with E-state index in [1.54, 1.807) is 12.1 Å². The predicted molar refractivity (Wildman–Crippen MR) is 94.8 cm³/mol. The first kappa shape index (κ1) is 15.5. The quantitative estimate of drug-likeness (QED) is 0.520. The summed E-state index contributed by atoms with van der Waals surface area (Å²) in [4.78, 5) is 4.37. The lowest BCUT2D eigenvalue weighted by Gasteiger charge is -2.03. The van der Waals surface area contributed by atoms with Crippen LogP contribution in [0.15, 0.2) is 77.6 Å². The molecule has 4 aromatic rings. The van der Waals surface area contributed by atoms with Gasteiger partial charge in [0, 0.05) is 28.7 Å². The number of ether oxygens (including phenoxy) is 1. The minimum Gasteiger partial charge on any atom is -0.484 e. The van der Waals surface area contributed by atoms with Crippen LogP contribution in [0.4, 0.5) is 0 Å². The van der Waals surface area contributed by atoms with E-state index in [1.807, 2.05) is 65.5 Å². The van der Waals surface area contributed by atoms with Crippen LogP contribution in [0.5, 0.6) is 5.75 Å². The first-order chi connectivity index (χ1) is 12.3. The van der Waals surface area contributed by atoms with Crippen molar-refractivity contribution in [3.63, 3.8) is 0 Å². The molecule has 0 saturated heterocycles. The third kappa shape index (κ3) is 3.56. The first-order valence-corrected chi connectivity index (χ1v) is 8.10. The largest absolute Gasteiger partial charge is 0.484 e. The van der Waals surface area contributed by atoms with E-state index in [4.69, 9.17) is 20.9 Å². The molecule has 6 heteroatoms. The zero-order chi connectivity index (χ0) is 17.1. The maximum absolute atomic E-state index is 5.93. The normalized spacial score (nSPS) is 10.8. The summed E-state index contributed by atoms with van der Waals surface area (Å²) >= 11 is 5.93. The Balaban J connectivity index is 1.45. The average Bonchev–Trinajstić information content (AvgIpc) is 3.32. The summed E-state index contributed by atoms with van der Waals surface area (Å²) in [6.07, 6.45) is 3.99. The summed E-state index contributed by atoms with van der Waals surface area (Å²) in [6.45, 7) is 0.189. The summed E-state index contributed by atoms with van der Waals surface area (Å²) in [5, 5.41) is 4.63. The van der Waals surface area contributed by atoms with Gasteiger partial charge >= 0.3 is 0 Å². The fraction of sp³-hybridized carbons (Fsp3) is 0.0526. The van der Waals surface area contributed by atoms with E-state index in [1.165, 1.54) is 0 Å². The van der Waals surface area contributed by atoms with Gasteiger partial charge in [-0.3, -0.25) is 0 Å². The van der Waals surface area contributed by atoms with Gasteiger partial charge in [0.2, 0.25) is 5.82 Å². The Morgan fingerprint density at radius 2 is 1.80 bits per heavy atom. The minimum absolute atomic E-state index is 0.189. The third-order valence-corrected chi connectivity index (χ3v) is 3.89. The van der Waals surface area contributed by atoms with Crippen molar-refractivity contribution >= 4 is 11.6 Å². The molecule has 0 atom stereocenters. The fourth-order valence-electron chi connectivity index (χ4n) is 2.42. The maximum atomic E-state index is 5.93. The number of halogens is 1. The van der Waals surface area contributed by atoms with Crippen LogP contribution in [0.3, 0.4) is 0 Å². The van der Waals surface area contributed by atoms with Crippen molar-refractivity contribution < 1.29 is 9.26 Å². The van der Waals surface area contributed by atoms with Crippen molar-refractivity contribution in [2.45, 2.75) is 6.61 Å². The molecule has 2 heterocycles. The van der Waals surface area contributed by atoms with Gasteiger partial charge in [0.05, 0.1) is 0 Å². The SMILES string of the molecule is Clc1cccc(OCc2nc(-c3ccc(-n4cccc4)cc3)no2)c1. The van der Waals surface area contributed by atoms with Crippen molar-refractivity contribution in [1.82, 2.24) is 14.7 Å².